The topological polar surface area (TPSA) is 108 Å². The van der Waals surface area contributed by atoms with Crippen LogP contribution >= 0.6 is 0 Å². The fourth-order valence-corrected chi connectivity index (χ4v) is 2.84. The Morgan fingerprint density at radius 2 is 1.83 bits per heavy atom. The first-order valence-corrected chi connectivity index (χ1v) is 8.90. The molecule has 0 saturated heterocycles. The predicted octanol–water partition coefficient (Wildman–Crippen LogP) is 2.49. The summed E-state index contributed by atoms with van der Waals surface area (Å²) in [6.45, 7) is 2.28. The van der Waals surface area contributed by atoms with Crippen molar-refractivity contribution in [3.8, 4) is 11.5 Å². The third-order valence-corrected chi connectivity index (χ3v) is 4.50. The molecule has 0 aromatic heterocycles. The lowest BCUT2D eigenvalue weighted by Gasteiger charge is -2.19. The largest absolute Gasteiger partial charge is 0.486 e. The molecule has 0 fully saturated rings. The van der Waals surface area contributed by atoms with Gasteiger partial charge in [0.25, 0.3) is 11.6 Å². The molecule has 1 aliphatic heterocycles. The molecule has 1 heterocycles. The lowest BCUT2D eigenvalue weighted by atomic mass is 10.1. The van der Waals surface area contributed by atoms with Gasteiger partial charge in [0, 0.05) is 19.7 Å². The van der Waals surface area contributed by atoms with Crippen LogP contribution in [0, 0.1) is 17.0 Å². The summed E-state index contributed by atoms with van der Waals surface area (Å²) in [5.74, 6) is -1.00. The van der Waals surface area contributed by atoms with Gasteiger partial charge in [0.15, 0.2) is 18.1 Å². The molecule has 9 heteroatoms. The van der Waals surface area contributed by atoms with E-state index in [1.807, 2.05) is 31.2 Å². The van der Waals surface area contributed by atoms with Crippen molar-refractivity contribution in [2.24, 2.45) is 0 Å². The number of likely N-dealkylation sites (N-methyl/N-ethyl adjacent to an activating group) is 1. The molecule has 2 aromatic carbocycles. The highest BCUT2D eigenvalue weighted by Crippen LogP contribution is 2.36. The fourth-order valence-electron chi connectivity index (χ4n) is 2.84. The van der Waals surface area contributed by atoms with Crippen LogP contribution in [0.2, 0.25) is 0 Å². The van der Waals surface area contributed by atoms with Crippen molar-refractivity contribution >= 4 is 17.6 Å². The Morgan fingerprint density at radius 3 is 2.48 bits per heavy atom. The minimum absolute atomic E-state index is 0.188. The first-order chi connectivity index (χ1) is 13.9. The average molecular weight is 400 g/mol. The predicted molar refractivity (Wildman–Crippen MR) is 102 cm³/mol. The van der Waals surface area contributed by atoms with Crippen molar-refractivity contribution in [1.29, 1.82) is 0 Å². The number of esters is 1. The number of rotatable bonds is 6. The molecule has 0 N–H and O–H groups in total. The highest BCUT2D eigenvalue weighted by molar-refractivity contribution is 5.96. The van der Waals surface area contributed by atoms with Gasteiger partial charge < -0.3 is 19.1 Å². The number of nitro groups is 1. The van der Waals surface area contributed by atoms with Gasteiger partial charge in [-0.05, 0) is 18.1 Å². The third-order valence-electron chi connectivity index (χ3n) is 4.50. The lowest BCUT2D eigenvalue weighted by molar-refractivity contribution is -0.385. The van der Waals surface area contributed by atoms with Gasteiger partial charge in [0.1, 0.15) is 18.8 Å². The van der Waals surface area contributed by atoms with Gasteiger partial charge in [-0.15, -0.1) is 0 Å². The van der Waals surface area contributed by atoms with Crippen molar-refractivity contribution in [3.05, 3.63) is 63.2 Å². The Hall–Kier alpha value is -3.62. The Morgan fingerprint density at radius 1 is 1.17 bits per heavy atom. The maximum atomic E-state index is 12.4. The van der Waals surface area contributed by atoms with Crippen molar-refractivity contribution in [2.45, 2.75) is 13.5 Å². The van der Waals surface area contributed by atoms with Crippen molar-refractivity contribution < 1.29 is 28.7 Å². The van der Waals surface area contributed by atoms with E-state index in [2.05, 4.69) is 0 Å². The molecule has 0 atom stereocenters. The molecular weight excluding hydrogens is 380 g/mol. The van der Waals surface area contributed by atoms with Gasteiger partial charge in [-0.25, -0.2) is 4.79 Å². The van der Waals surface area contributed by atoms with E-state index in [9.17, 15) is 19.7 Å². The molecule has 29 heavy (non-hydrogen) atoms. The standard InChI is InChI=1S/C20H20N2O7/c1-13-5-3-4-6-14(13)11-21(2)19(23)12-29-20(24)15-9-17-18(28-8-7-27-17)10-16(15)22(25)26/h3-6,9-10H,7-8,11-12H2,1-2H3. The Balaban J connectivity index is 1.68. The number of fused-ring (bicyclic) bond motifs is 1. The summed E-state index contributed by atoms with van der Waals surface area (Å²) in [6.07, 6.45) is 0. The Labute approximate surface area is 166 Å². The summed E-state index contributed by atoms with van der Waals surface area (Å²) in [6, 6.07) is 9.95. The van der Waals surface area contributed by atoms with E-state index in [-0.39, 0.29) is 30.3 Å². The second kappa shape index (κ2) is 8.59. The number of nitrogens with zero attached hydrogens (tertiary/aromatic N) is 2. The molecule has 1 amide bonds. The van der Waals surface area contributed by atoms with Crippen LogP contribution < -0.4 is 9.47 Å². The molecule has 0 radical (unpaired) electrons. The molecule has 2 aromatic rings. The number of amides is 1. The molecule has 0 bridgehead atoms. The summed E-state index contributed by atoms with van der Waals surface area (Å²) in [5, 5.41) is 11.3. The Kier molecular flexibility index (Phi) is 5.96. The zero-order chi connectivity index (χ0) is 21.0. The number of hydrogen-bond acceptors (Lipinski definition) is 7. The molecule has 152 valence electrons. The van der Waals surface area contributed by atoms with E-state index in [0.29, 0.717) is 6.54 Å². The maximum Gasteiger partial charge on any atom is 0.345 e. The molecule has 0 spiro atoms. The van der Waals surface area contributed by atoms with Crippen LogP contribution in [0.15, 0.2) is 36.4 Å². The Bertz CT molecular complexity index is 958. The molecular formula is C20H20N2O7. The molecule has 0 unspecified atom stereocenters. The summed E-state index contributed by atoms with van der Waals surface area (Å²) >= 11 is 0. The van der Waals surface area contributed by atoms with Gasteiger partial charge in [-0.1, -0.05) is 24.3 Å². The van der Waals surface area contributed by atoms with Crippen molar-refractivity contribution in [2.75, 3.05) is 26.9 Å². The molecule has 0 saturated carbocycles. The van der Waals surface area contributed by atoms with Crippen LogP contribution in [0.1, 0.15) is 21.5 Å². The van der Waals surface area contributed by atoms with Gasteiger partial charge in [0.05, 0.1) is 11.0 Å². The summed E-state index contributed by atoms with van der Waals surface area (Å²) < 4.78 is 15.7. The number of ether oxygens (including phenoxy) is 3. The number of aryl methyl sites for hydroxylation is 1. The zero-order valence-electron chi connectivity index (χ0n) is 16.0. The first-order valence-electron chi connectivity index (χ1n) is 8.90. The lowest BCUT2D eigenvalue weighted by Crippen LogP contribution is -2.31. The van der Waals surface area contributed by atoms with Gasteiger partial charge >= 0.3 is 5.97 Å². The number of hydrogen-bond donors (Lipinski definition) is 0. The van der Waals surface area contributed by atoms with E-state index < -0.39 is 29.1 Å². The second-order valence-electron chi connectivity index (χ2n) is 6.52. The maximum absolute atomic E-state index is 12.4. The van der Waals surface area contributed by atoms with E-state index in [1.165, 1.54) is 11.0 Å². The average Bonchev–Trinajstić information content (AvgIpc) is 2.72. The minimum atomic E-state index is -0.980. The molecule has 9 nitrogen and oxygen atoms in total. The van der Waals surface area contributed by atoms with E-state index in [0.717, 1.165) is 17.2 Å². The zero-order valence-corrected chi connectivity index (χ0v) is 16.0. The fraction of sp³-hybridized carbons (Fsp3) is 0.300. The quantitative estimate of drug-likeness (QED) is 0.416. The van der Waals surface area contributed by atoms with Gasteiger partial charge in [-0.3, -0.25) is 14.9 Å². The van der Waals surface area contributed by atoms with E-state index >= 15 is 0 Å². The van der Waals surface area contributed by atoms with Crippen LogP contribution in [-0.2, 0) is 16.1 Å². The van der Waals surface area contributed by atoms with E-state index in [4.69, 9.17) is 14.2 Å². The highest BCUT2D eigenvalue weighted by atomic mass is 16.6. The summed E-state index contributed by atoms with van der Waals surface area (Å²) in [5.41, 5.74) is 1.24. The normalized spacial score (nSPS) is 12.2. The number of benzene rings is 2. The van der Waals surface area contributed by atoms with Crippen LogP contribution in [0.4, 0.5) is 5.69 Å². The van der Waals surface area contributed by atoms with Crippen molar-refractivity contribution in [3.63, 3.8) is 0 Å². The first kappa shape index (κ1) is 20.1. The van der Waals surface area contributed by atoms with E-state index in [1.54, 1.807) is 7.05 Å². The smallest absolute Gasteiger partial charge is 0.345 e. The monoisotopic (exact) mass is 400 g/mol. The van der Waals surface area contributed by atoms with Crippen LogP contribution in [0.5, 0.6) is 11.5 Å². The second-order valence-corrected chi connectivity index (χ2v) is 6.52. The van der Waals surface area contributed by atoms with Crippen LogP contribution in [0.25, 0.3) is 0 Å². The molecule has 0 aliphatic carbocycles. The summed E-state index contributed by atoms with van der Waals surface area (Å²) in [4.78, 5) is 36.8. The number of carbonyl (C=O) groups is 2. The van der Waals surface area contributed by atoms with Crippen LogP contribution in [0.3, 0.4) is 0 Å². The SMILES string of the molecule is Cc1ccccc1CN(C)C(=O)COC(=O)c1cc2c(cc1[N+](=O)[O-])OCCO2. The highest BCUT2D eigenvalue weighted by Gasteiger charge is 2.28. The van der Waals surface area contributed by atoms with Crippen LogP contribution in [-0.4, -0.2) is 48.6 Å². The minimum Gasteiger partial charge on any atom is -0.486 e. The molecule has 1 aliphatic rings. The van der Waals surface area contributed by atoms with Gasteiger partial charge in [0.2, 0.25) is 0 Å². The number of carbonyl (C=O) groups excluding carboxylic acids is 2. The molecule has 3 rings (SSSR count). The van der Waals surface area contributed by atoms with Crippen molar-refractivity contribution in [1.82, 2.24) is 4.90 Å². The van der Waals surface area contributed by atoms with Gasteiger partial charge in [-0.2, -0.15) is 0 Å². The number of nitro benzene ring substituents is 1. The third kappa shape index (κ3) is 4.63. The summed E-state index contributed by atoms with van der Waals surface area (Å²) in [7, 11) is 1.59.